The minimum absolute atomic E-state index is 0.0646. The van der Waals surface area contributed by atoms with Crippen molar-refractivity contribution >= 4 is 28.6 Å². The van der Waals surface area contributed by atoms with Gasteiger partial charge in [-0.3, -0.25) is 29.6 Å². The first-order valence-corrected chi connectivity index (χ1v) is 15.4. The van der Waals surface area contributed by atoms with E-state index in [0.717, 1.165) is 68.0 Å². The topological polar surface area (TPSA) is 101 Å². The highest BCUT2D eigenvalue weighted by atomic mass is 16.5. The Labute approximate surface area is 251 Å². The molecule has 5 heterocycles. The van der Waals surface area contributed by atoms with Crippen LogP contribution < -0.4 is 10.1 Å². The lowest BCUT2D eigenvalue weighted by molar-refractivity contribution is -0.136. The molecule has 4 aliphatic rings. The third-order valence-electron chi connectivity index (χ3n) is 9.32. The predicted octanol–water partition coefficient (Wildman–Crippen LogP) is 4.32. The van der Waals surface area contributed by atoms with E-state index in [1.165, 1.54) is 10.9 Å². The second-order valence-electron chi connectivity index (χ2n) is 13.0. The van der Waals surface area contributed by atoms with Gasteiger partial charge < -0.3 is 14.4 Å². The lowest BCUT2D eigenvalue weighted by Gasteiger charge is -2.35. The molecule has 4 aliphatic heterocycles. The lowest BCUT2D eigenvalue weighted by Crippen LogP contribution is -2.52. The van der Waals surface area contributed by atoms with Gasteiger partial charge >= 0.3 is 0 Å². The fourth-order valence-electron chi connectivity index (χ4n) is 7.11. The number of nitrogens with one attached hydrogen (secondary N) is 1. The summed E-state index contributed by atoms with van der Waals surface area (Å²) in [5.41, 5.74) is 4.82. The van der Waals surface area contributed by atoms with E-state index in [2.05, 4.69) is 54.4 Å². The van der Waals surface area contributed by atoms with Crippen LogP contribution in [-0.4, -0.2) is 69.9 Å². The molecule has 3 saturated heterocycles. The van der Waals surface area contributed by atoms with E-state index in [4.69, 9.17) is 14.5 Å². The molecule has 2 aromatic carbocycles. The summed E-state index contributed by atoms with van der Waals surface area (Å²) >= 11 is 0. The Kier molecular flexibility index (Phi) is 7.18. The van der Waals surface area contributed by atoms with Gasteiger partial charge in [-0.25, -0.2) is 0 Å². The van der Waals surface area contributed by atoms with Gasteiger partial charge in [0.2, 0.25) is 11.8 Å². The Morgan fingerprint density at radius 1 is 1.05 bits per heavy atom. The third-order valence-corrected chi connectivity index (χ3v) is 9.32. The molecule has 3 fully saturated rings. The quantitative estimate of drug-likeness (QED) is 0.432. The summed E-state index contributed by atoms with van der Waals surface area (Å²) < 4.78 is 12.3. The molecule has 1 aromatic heterocycles. The molecule has 7 rings (SSSR count). The summed E-state index contributed by atoms with van der Waals surface area (Å²) in [5.74, 6) is 0.325. The molecule has 1 N–H and O–H groups in total. The second-order valence-corrected chi connectivity index (χ2v) is 13.0. The number of aromatic nitrogens is 1. The van der Waals surface area contributed by atoms with E-state index in [1.54, 1.807) is 11.0 Å². The van der Waals surface area contributed by atoms with E-state index in [0.29, 0.717) is 24.4 Å². The number of imide groups is 1. The Balaban J connectivity index is 0.957. The largest absolute Gasteiger partial charge is 0.489 e. The maximum absolute atomic E-state index is 13.0. The van der Waals surface area contributed by atoms with Crippen LogP contribution in [0.3, 0.4) is 0 Å². The number of ether oxygens (including phenoxy) is 2. The van der Waals surface area contributed by atoms with Gasteiger partial charge in [-0.1, -0.05) is 12.1 Å². The van der Waals surface area contributed by atoms with Gasteiger partial charge in [-0.15, -0.1) is 0 Å². The number of fused-ring (bicyclic) bond motifs is 2. The molecular weight excluding hydrogens is 544 g/mol. The fourth-order valence-corrected chi connectivity index (χ4v) is 7.11. The summed E-state index contributed by atoms with van der Waals surface area (Å²) in [6, 6.07) is 15.9. The van der Waals surface area contributed by atoms with Crippen LogP contribution in [0.5, 0.6) is 5.75 Å². The van der Waals surface area contributed by atoms with Crippen LogP contribution in [0.25, 0.3) is 10.9 Å². The molecular formula is C34H38N4O5. The maximum Gasteiger partial charge on any atom is 0.255 e. The van der Waals surface area contributed by atoms with Gasteiger partial charge in [-0.05, 0) is 87.1 Å². The van der Waals surface area contributed by atoms with E-state index in [9.17, 15) is 14.4 Å². The van der Waals surface area contributed by atoms with Crippen LogP contribution in [0.15, 0.2) is 48.5 Å². The number of rotatable bonds is 6. The van der Waals surface area contributed by atoms with Crippen molar-refractivity contribution in [2.45, 2.75) is 82.7 Å². The zero-order chi connectivity index (χ0) is 29.7. The Morgan fingerprint density at radius 3 is 2.77 bits per heavy atom. The Morgan fingerprint density at radius 2 is 1.93 bits per heavy atom. The number of amides is 3. The van der Waals surface area contributed by atoms with E-state index >= 15 is 0 Å². The number of piperidine rings is 1. The number of nitrogens with zero attached hydrogens (tertiary/aromatic N) is 3. The van der Waals surface area contributed by atoms with Crippen LogP contribution in [0.1, 0.15) is 79.0 Å². The number of hydrogen-bond donors (Lipinski definition) is 1. The van der Waals surface area contributed by atoms with Crippen molar-refractivity contribution in [2.75, 3.05) is 19.7 Å². The minimum Gasteiger partial charge on any atom is -0.489 e. The van der Waals surface area contributed by atoms with Gasteiger partial charge in [0.1, 0.15) is 17.9 Å². The van der Waals surface area contributed by atoms with Gasteiger partial charge in [0.15, 0.2) is 0 Å². The summed E-state index contributed by atoms with van der Waals surface area (Å²) in [6.45, 7) is 8.08. The van der Waals surface area contributed by atoms with Crippen LogP contribution in [0.4, 0.5) is 0 Å². The number of hydrogen-bond acceptors (Lipinski definition) is 7. The average molecular weight is 583 g/mol. The van der Waals surface area contributed by atoms with Crippen LogP contribution >= 0.6 is 0 Å². The Hall–Kier alpha value is -3.82. The summed E-state index contributed by atoms with van der Waals surface area (Å²) in [5, 5.41) is 3.52. The second kappa shape index (κ2) is 11.0. The summed E-state index contributed by atoms with van der Waals surface area (Å²) in [7, 11) is 0. The van der Waals surface area contributed by atoms with Crippen molar-refractivity contribution in [3.05, 3.63) is 70.9 Å². The molecule has 0 radical (unpaired) electrons. The molecule has 3 amide bonds. The molecule has 0 spiro atoms. The fraction of sp³-hybridized carbons (Fsp3) is 0.471. The van der Waals surface area contributed by atoms with E-state index in [-0.39, 0.29) is 29.9 Å². The molecule has 43 heavy (non-hydrogen) atoms. The Bertz CT molecular complexity index is 1600. The minimum atomic E-state index is -0.613. The SMILES string of the molecule is CC1(C)CC(c2ccc3cc(CN4CC[C@H](Oc5ccc6c(c5)CN(C5CCC(=O)NC5=O)C6=O)C4)ccc3n2)CCO1. The highest BCUT2D eigenvalue weighted by Crippen LogP contribution is 2.36. The highest BCUT2D eigenvalue weighted by Gasteiger charge is 2.39. The highest BCUT2D eigenvalue weighted by molar-refractivity contribution is 6.05. The predicted molar refractivity (Wildman–Crippen MR) is 161 cm³/mol. The zero-order valence-corrected chi connectivity index (χ0v) is 24.8. The molecule has 0 saturated carbocycles. The molecule has 0 aliphatic carbocycles. The lowest BCUT2D eigenvalue weighted by atomic mass is 9.86. The van der Waals surface area contributed by atoms with Gasteiger partial charge in [0.25, 0.3) is 5.91 Å². The van der Waals surface area contributed by atoms with Gasteiger partial charge in [0.05, 0.1) is 11.1 Å². The number of carbonyl (C=O) groups excluding carboxylic acids is 3. The van der Waals surface area contributed by atoms with Crippen LogP contribution in [0.2, 0.25) is 0 Å². The molecule has 9 nitrogen and oxygen atoms in total. The zero-order valence-electron chi connectivity index (χ0n) is 24.8. The molecule has 9 heteroatoms. The van der Waals surface area contributed by atoms with Crippen LogP contribution in [0, 0.1) is 0 Å². The number of likely N-dealkylation sites (tertiary alicyclic amines) is 1. The van der Waals surface area contributed by atoms with Crippen LogP contribution in [-0.2, 0) is 27.4 Å². The van der Waals surface area contributed by atoms with Crippen molar-refractivity contribution in [2.24, 2.45) is 0 Å². The van der Waals surface area contributed by atoms with Gasteiger partial charge in [0, 0.05) is 61.8 Å². The molecule has 2 unspecified atom stereocenters. The summed E-state index contributed by atoms with van der Waals surface area (Å²) in [6.07, 6.45) is 3.60. The van der Waals surface area contributed by atoms with Gasteiger partial charge in [-0.2, -0.15) is 0 Å². The smallest absolute Gasteiger partial charge is 0.255 e. The molecule has 0 bridgehead atoms. The van der Waals surface area contributed by atoms with Crippen molar-refractivity contribution in [3.63, 3.8) is 0 Å². The normalized spacial score (nSPS) is 25.7. The monoisotopic (exact) mass is 582 g/mol. The van der Waals surface area contributed by atoms with Crippen molar-refractivity contribution in [3.8, 4) is 5.75 Å². The van der Waals surface area contributed by atoms with Crippen molar-refractivity contribution in [1.82, 2.24) is 20.1 Å². The number of pyridine rings is 1. The van der Waals surface area contributed by atoms with Crippen molar-refractivity contribution in [1.29, 1.82) is 0 Å². The first-order valence-electron chi connectivity index (χ1n) is 15.4. The first kappa shape index (κ1) is 28.0. The molecule has 224 valence electrons. The first-order chi connectivity index (χ1) is 20.7. The average Bonchev–Trinajstić information content (AvgIpc) is 3.55. The maximum atomic E-state index is 13.0. The number of carbonyl (C=O) groups is 3. The molecule has 3 aromatic rings. The molecule has 3 atom stereocenters. The van der Waals surface area contributed by atoms with E-state index < -0.39 is 11.9 Å². The standard InChI is InChI=1S/C34H38N4O5/c1-34(2)17-23(12-14-42-34)29-8-4-22-15-21(3-7-28(22)35-29)18-37-13-11-26(20-37)43-25-5-6-27-24(16-25)19-38(33(27)41)30-9-10-31(39)36-32(30)40/h3-8,15-16,23,26,30H,9-14,17-20H2,1-2H3,(H,36,39,40)/t23?,26-,30?/m0/s1. The van der Waals surface area contributed by atoms with Crippen molar-refractivity contribution < 1.29 is 23.9 Å². The van der Waals surface area contributed by atoms with E-state index in [1.807, 2.05) is 12.1 Å². The number of benzene rings is 2. The third kappa shape index (κ3) is 5.76. The summed E-state index contributed by atoms with van der Waals surface area (Å²) in [4.78, 5) is 45.9.